The Morgan fingerprint density at radius 3 is 2.75 bits per heavy atom. The third kappa shape index (κ3) is 3.51. The fourth-order valence-electron chi connectivity index (χ4n) is 2.27. The predicted molar refractivity (Wildman–Crippen MR) is 77.7 cm³/mol. The summed E-state index contributed by atoms with van der Waals surface area (Å²) in [6, 6.07) is 7.51. The molecule has 0 spiro atoms. The first-order valence-corrected chi connectivity index (χ1v) is 7.49. The van der Waals surface area contributed by atoms with E-state index in [9.17, 15) is 4.79 Å². The van der Waals surface area contributed by atoms with Gasteiger partial charge in [0.1, 0.15) is 5.75 Å². The number of hydrogen-bond donors (Lipinski definition) is 2. The molecule has 0 radical (unpaired) electrons. The lowest BCUT2D eigenvalue weighted by Crippen LogP contribution is -2.38. The van der Waals surface area contributed by atoms with E-state index >= 15 is 0 Å². The smallest absolute Gasteiger partial charge is 0.255 e. The molecule has 1 atom stereocenters. The monoisotopic (exact) mass is 274 g/mol. The molecule has 2 saturated carbocycles. The third-order valence-corrected chi connectivity index (χ3v) is 4.03. The van der Waals surface area contributed by atoms with Crippen LogP contribution >= 0.6 is 0 Å². The molecule has 0 heterocycles. The minimum atomic E-state index is -0.0903. The molecule has 1 unspecified atom stereocenters. The van der Waals surface area contributed by atoms with Crippen molar-refractivity contribution in [1.82, 2.24) is 5.32 Å². The SMILES string of the molecule is NC(CNC(=O)c1ccccc1OCC1CC1)C1CC1. The van der Waals surface area contributed by atoms with E-state index in [1.165, 1.54) is 25.7 Å². The maximum absolute atomic E-state index is 12.2. The molecule has 2 fully saturated rings. The van der Waals surface area contributed by atoms with Crippen molar-refractivity contribution in [1.29, 1.82) is 0 Å². The summed E-state index contributed by atoms with van der Waals surface area (Å²) >= 11 is 0. The van der Waals surface area contributed by atoms with Gasteiger partial charge in [-0.05, 0) is 49.7 Å². The molecule has 3 rings (SSSR count). The molecule has 0 saturated heterocycles. The van der Waals surface area contributed by atoms with Crippen molar-refractivity contribution in [2.24, 2.45) is 17.6 Å². The van der Waals surface area contributed by atoms with Crippen LogP contribution in [0.2, 0.25) is 0 Å². The van der Waals surface area contributed by atoms with Crippen molar-refractivity contribution in [3.63, 3.8) is 0 Å². The normalized spacial score (nSPS) is 19.4. The minimum Gasteiger partial charge on any atom is -0.492 e. The average molecular weight is 274 g/mol. The molecule has 4 nitrogen and oxygen atoms in total. The summed E-state index contributed by atoms with van der Waals surface area (Å²) in [6.45, 7) is 1.26. The highest BCUT2D eigenvalue weighted by molar-refractivity contribution is 5.96. The van der Waals surface area contributed by atoms with Gasteiger partial charge in [0.05, 0.1) is 12.2 Å². The fourth-order valence-corrected chi connectivity index (χ4v) is 2.27. The maximum Gasteiger partial charge on any atom is 0.255 e. The third-order valence-electron chi connectivity index (χ3n) is 4.03. The number of nitrogens with two attached hydrogens (primary N) is 1. The Hall–Kier alpha value is -1.55. The summed E-state index contributed by atoms with van der Waals surface area (Å²) in [7, 11) is 0. The van der Waals surface area contributed by atoms with E-state index in [1.807, 2.05) is 18.2 Å². The van der Waals surface area contributed by atoms with E-state index in [0.717, 1.165) is 0 Å². The Bertz CT molecular complexity index is 481. The second-order valence-corrected chi connectivity index (χ2v) is 5.96. The van der Waals surface area contributed by atoms with Crippen molar-refractivity contribution in [3.8, 4) is 5.75 Å². The van der Waals surface area contributed by atoms with E-state index in [4.69, 9.17) is 10.5 Å². The molecular formula is C16H22N2O2. The van der Waals surface area contributed by atoms with Crippen molar-refractivity contribution >= 4 is 5.91 Å². The van der Waals surface area contributed by atoms with Gasteiger partial charge in [0.2, 0.25) is 0 Å². The Morgan fingerprint density at radius 1 is 1.30 bits per heavy atom. The largest absolute Gasteiger partial charge is 0.492 e. The van der Waals surface area contributed by atoms with Gasteiger partial charge in [-0.1, -0.05) is 12.1 Å². The molecule has 1 aromatic carbocycles. The first kappa shape index (κ1) is 13.4. The minimum absolute atomic E-state index is 0.0819. The number of carbonyl (C=O) groups excluding carboxylic acids is 1. The van der Waals surface area contributed by atoms with Crippen LogP contribution in [0.15, 0.2) is 24.3 Å². The summed E-state index contributed by atoms with van der Waals surface area (Å²) in [5, 5.41) is 2.92. The van der Waals surface area contributed by atoms with Crippen molar-refractivity contribution in [2.75, 3.05) is 13.2 Å². The van der Waals surface area contributed by atoms with E-state index in [2.05, 4.69) is 5.32 Å². The molecule has 108 valence electrons. The van der Waals surface area contributed by atoms with Gasteiger partial charge in [0.15, 0.2) is 0 Å². The van der Waals surface area contributed by atoms with Crippen LogP contribution in [0.4, 0.5) is 0 Å². The molecule has 3 N–H and O–H groups in total. The van der Waals surface area contributed by atoms with E-state index in [-0.39, 0.29) is 11.9 Å². The molecule has 2 aliphatic rings. The van der Waals surface area contributed by atoms with Crippen LogP contribution in [0.25, 0.3) is 0 Å². The summed E-state index contributed by atoms with van der Waals surface area (Å²) in [5.74, 6) is 1.86. The molecule has 0 aliphatic heterocycles. The summed E-state index contributed by atoms with van der Waals surface area (Å²) in [6.07, 6.45) is 4.87. The first-order chi connectivity index (χ1) is 9.74. The van der Waals surface area contributed by atoms with E-state index < -0.39 is 0 Å². The van der Waals surface area contributed by atoms with Crippen LogP contribution in [0.3, 0.4) is 0 Å². The van der Waals surface area contributed by atoms with Crippen molar-refractivity contribution < 1.29 is 9.53 Å². The number of rotatable bonds is 7. The van der Waals surface area contributed by atoms with Crippen LogP contribution in [-0.4, -0.2) is 25.1 Å². The Balaban J connectivity index is 1.57. The molecule has 4 heteroatoms. The second-order valence-electron chi connectivity index (χ2n) is 5.96. The van der Waals surface area contributed by atoms with Gasteiger partial charge in [-0.25, -0.2) is 0 Å². The lowest BCUT2D eigenvalue weighted by Gasteiger charge is -2.14. The summed E-state index contributed by atoms with van der Waals surface area (Å²) < 4.78 is 5.76. The number of hydrogen-bond acceptors (Lipinski definition) is 3. The quantitative estimate of drug-likeness (QED) is 0.798. The highest BCUT2D eigenvalue weighted by Crippen LogP contribution is 2.31. The Labute approximate surface area is 119 Å². The number of nitrogens with one attached hydrogen (secondary N) is 1. The highest BCUT2D eigenvalue weighted by atomic mass is 16.5. The molecule has 0 bridgehead atoms. The van der Waals surface area contributed by atoms with Crippen molar-refractivity contribution in [2.45, 2.75) is 31.7 Å². The molecular weight excluding hydrogens is 252 g/mol. The van der Waals surface area contributed by atoms with Crippen LogP contribution < -0.4 is 15.8 Å². The number of benzene rings is 1. The van der Waals surface area contributed by atoms with Crippen LogP contribution in [0, 0.1) is 11.8 Å². The summed E-state index contributed by atoms with van der Waals surface area (Å²) in [4.78, 5) is 12.2. The maximum atomic E-state index is 12.2. The van der Waals surface area contributed by atoms with Gasteiger partial charge in [-0.3, -0.25) is 4.79 Å². The van der Waals surface area contributed by atoms with Crippen LogP contribution in [0.1, 0.15) is 36.0 Å². The summed E-state index contributed by atoms with van der Waals surface area (Å²) in [5.41, 5.74) is 6.61. The molecule has 0 aromatic heterocycles. The number of carbonyl (C=O) groups is 1. The molecule has 1 amide bonds. The van der Waals surface area contributed by atoms with Gasteiger partial charge >= 0.3 is 0 Å². The zero-order valence-corrected chi connectivity index (χ0v) is 11.7. The van der Waals surface area contributed by atoms with Gasteiger partial charge < -0.3 is 15.8 Å². The Kier molecular flexibility index (Phi) is 3.92. The molecule has 20 heavy (non-hydrogen) atoms. The topological polar surface area (TPSA) is 64.3 Å². The van der Waals surface area contributed by atoms with Gasteiger partial charge in [0, 0.05) is 12.6 Å². The van der Waals surface area contributed by atoms with Gasteiger partial charge in [0.25, 0.3) is 5.91 Å². The van der Waals surface area contributed by atoms with Gasteiger partial charge in [-0.2, -0.15) is 0 Å². The zero-order chi connectivity index (χ0) is 13.9. The molecule has 1 aromatic rings. The first-order valence-electron chi connectivity index (χ1n) is 7.49. The standard InChI is InChI=1S/C16H22N2O2/c17-14(12-7-8-12)9-18-16(19)13-3-1-2-4-15(13)20-10-11-5-6-11/h1-4,11-12,14H,5-10,17H2,(H,18,19). The van der Waals surface area contributed by atoms with Crippen LogP contribution in [-0.2, 0) is 0 Å². The lowest BCUT2D eigenvalue weighted by molar-refractivity contribution is 0.0946. The number of para-hydroxylation sites is 1. The Morgan fingerprint density at radius 2 is 2.05 bits per heavy atom. The predicted octanol–water partition coefficient (Wildman–Crippen LogP) is 1.94. The van der Waals surface area contributed by atoms with Crippen LogP contribution in [0.5, 0.6) is 5.75 Å². The van der Waals surface area contributed by atoms with E-state index in [1.54, 1.807) is 6.07 Å². The average Bonchev–Trinajstić information content (AvgIpc) is 3.35. The van der Waals surface area contributed by atoms with Gasteiger partial charge in [-0.15, -0.1) is 0 Å². The molecule has 2 aliphatic carbocycles. The highest BCUT2D eigenvalue weighted by Gasteiger charge is 2.28. The number of ether oxygens (including phenoxy) is 1. The fraction of sp³-hybridized carbons (Fsp3) is 0.562. The van der Waals surface area contributed by atoms with Crippen molar-refractivity contribution in [3.05, 3.63) is 29.8 Å². The lowest BCUT2D eigenvalue weighted by atomic mass is 10.1. The van der Waals surface area contributed by atoms with E-state index in [0.29, 0.717) is 36.3 Å². The second kappa shape index (κ2) is 5.83. The number of amides is 1. The zero-order valence-electron chi connectivity index (χ0n) is 11.7.